The van der Waals surface area contributed by atoms with Crippen molar-refractivity contribution >= 4 is 11.8 Å². The lowest BCUT2D eigenvalue weighted by atomic mass is 9.89. The summed E-state index contributed by atoms with van der Waals surface area (Å²) >= 11 is 0. The van der Waals surface area contributed by atoms with E-state index in [4.69, 9.17) is 0 Å². The standard InChI is InChI=1S/C24H29FN4O2/c1-24(23(31)27-16-7-5-3-4-6-8-16)21-20(14-26-28(21)2)19-13-15(25)9-12-18(19)22(30)29(24)17-10-11-17/h9,12-14,16-17H,3-8,10-11H2,1-2H3,(H,27,31). The predicted octanol–water partition coefficient (Wildman–Crippen LogP) is 3.90. The Morgan fingerprint density at radius 3 is 2.48 bits per heavy atom. The topological polar surface area (TPSA) is 67.2 Å². The lowest BCUT2D eigenvalue weighted by Gasteiger charge is -2.40. The number of carbonyl (C=O) groups excluding carboxylic acids is 2. The van der Waals surface area contributed by atoms with E-state index in [1.54, 1.807) is 22.8 Å². The molecule has 5 rings (SSSR count). The van der Waals surface area contributed by atoms with Gasteiger partial charge >= 0.3 is 0 Å². The predicted molar refractivity (Wildman–Crippen MR) is 115 cm³/mol. The summed E-state index contributed by atoms with van der Waals surface area (Å²) in [6.07, 6.45) is 9.90. The number of hydrogen-bond acceptors (Lipinski definition) is 3. The average molecular weight is 425 g/mol. The zero-order chi connectivity index (χ0) is 21.8. The quantitative estimate of drug-likeness (QED) is 0.760. The van der Waals surface area contributed by atoms with E-state index < -0.39 is 11.4 Å². The van der Waals surface area contributed by atoms with E-state index in [2.05, 4.69) is 10.4 Å². The van der Waals surface area contributed by atoms with Gasteiger partial charge in [-0.1, -0.05) is 25.7 Å². The van der Waals surface area contributed by atoms with Crippen LogP contribution in [0.2, 0.25) is 0 Å². The molecule has 2 aromatic rings. The number of nitrogens with zero attached hydrogens (tertiary/aromatic N) is 3. The van der Waals surface area contributed by atoms with E-state index in [0.29, 0.717) is 22.4 Å². The molecule has 1 aliphatic heterocycles. The van der Waals surface area contributed by atoms with Crippen LogP contribution in [0.3, 0.4) is 0 Å². The number of halogens is 1. The van der Waals surface area contributed by atoms with E-state index in [-0.39, 0.29) is 23.9 Å². The van der Waals surface area contributed by atoms with E-state index in [1.165, 1.54) is 31.0 Å². The maximum atomic E-state index is 14.2. The number of carbonyl (C=O) groups is 2. The first-order valence-corrected chi connectivity index (χ1v) is 11.4. The highest BCUT2D eigenvalue weighted by Gasteiger charge is 2.55. The molecule has 0 spiro atoms. The van der Waals surface area contributed by atoms with E-state index in [0.717, 1.165) is 38.5 Å². The van der Waals surface area contributed by atoms with Crippen molar-refractivity contribution in [3.8, 4) is 11.1 Å². The number of nitrogens with one attached hydrogen (secondary N) is 1. The number of amides is 2. The molecule has 0 bridgehead atoms. The van der Waals surface area contributed by atoms with Gasteiger partial charge in [-0.15, -0.1) is 0 Å². The fraction of sp³-hybridized carbons (Fsp3) is 0.542. The minimum Gasteiger partial charge on any atom is -0.351 e. The van der Waals surface area contributed by atoms with Gasteiger partial charge in [0.1, 0.15) is 5.82 Å². The summed E-state index contributed by atoms with van der Waals surface area (Å²) in [5.41, 5.74) is 0.995. The number of benzene rings is 1. The molecule has 0 radical (unpaired) electrons. The second kappa shape index (κ2) is 7.46. The Bertz CT molecular complexity index is 1040. The van der Waals surface area contributed by atoms with Crippen LogP contribution in [0.1, 0.15) is 74.3 Å². The summed E-state index contributed by atoms with van der Waals surface area (Å²) in [6, 6.07) is 4.34. The summed E-state index contributed by atoms with van der Waals surface area (Å²) in [6.45, 7) is 1.83. The van der Waals surface area contributed by atoms with Crippen LogP contribution in [0.25, 0.3) is 11.1 Å². The Hall–Kier alpha value is -2.70. The Morgan fingerprint density at radius 1 is 1.10 bits per heavy atom. The molecule has 1 N–H and O–H groups in total. The maximum absolute atomic E-state index is 14.2. The zero-order valence-electron chi connectivity index (χ0n) is 18.2. The molecule has 0 saturated heterocycles. The minimum atomic E-state index is -1.22. The third-order valence-electron chi connectivity index (χ3n) is 7.15. The number of aryl methyl sites for hydroxylation is 1. The van der Waals surface area contributed by atoms with Crippen LogP contribution in [0.5, 0.6) is 0 Å². The van der Waals surface area contributed by atoms with Crippen LogP contribution in [0, 0.1) is 5.82 Å². The maximum Gasteiger partial charge on any atom is 0.255 e. The normalized spacial score (nSPS) is 24.2. The fourth-order valence-corrected chi connectivity index (χ4v) is 5.41. The average Bonchev–Trinajstić information content (AvgIpc) is 3.53. The third kappa shape index (κ3) is 3.25. The Kier molecular flexibility index (Phi) is 4.87. The lowest BCUT2D eigenvalue weighted by molar-refractivity contribution is -0.133. The van der Waals surface area contributed by atoms with Gasteiger partial charge in [-0.25, -0.2) is 4.39 Å². The summed E-state index contributed by atoms with van der Waals surface area (Å²) in [5.74, 6) is -0.796. The van der Waals surface area contributed by atoms with Crippen molar-refractivity contribution in [1.82, 2.24) is 20.0 Å². The van der Waals surface area contributed by atoms with Crippen LogP contribution >= 0.6 is 0 Å². The van der Waals surface area contributed by atoms with Crippen LogP contribution in [0.15, 0.2) is 24.4 Å². The van der Waals surface area contributed by atoms with Crippen LogP contribution in [-0.2, 0) is 17.4 Å². The number of aromatic nitrogens is 2. The van der Waals surface area contributed by atoms with Gasteiger partial charge in [-0.05, 0) is 50.8 Å². The second-order valence-electron chi connectivity index (χ2n) is 9.36. The number of hydrogen-bond donors (Lipinski definition) is 1. The molecule has 2 heterocycles. The van der Waals surface area contributed by atoms with E-state index in [9.17, 15) is 14.0 Å². The molecule has 7 heteroatoms. The van der Waals surface area contributed by atoms with Crippen molar-refractivity contribution in [3.63, 3.8) is 0 Å². The van der Waals surface area contributed by atoms with Crippen LogP contribution in [0.4, 0.5) is 4.39 Å². The molecule has 2 amide bonds. The third-order valence-corrected chi connectivity index (χ3v) is 7.15. The summed E-state index contributed by atoms with van der Waals surface area (Å²) in [7, 11) is 1.79. The molecule has 1 aromatic carbocycles. The lowest BCUT2D eigenvalue weighted by Crippen LogP contribution is -2.59. The smallest absolute Gasteiger partial charge is 0.255 e. The van der Waals surface area contributed by atoms with Crippen molar-refractivity contribution in [3.05, 3.63) is 41.5 Å². The molecule has 3 aliphatic rings. The van der Waals surface area contributed by atoms with Crippen LogP contribution < -0.4 is 5.32 Å². The molecule has 1 atom stereocenters. The largest absolute Gasteiger partial charge is 0.351 e. The molecule has 31 heavy (non-hydrogen) atoms. The van der Waals surface area contributed by atoms with E-state index in [1.807, 2.05) is 6.92 Å². The summed E-state index contributed by atoms with van der Waals surface area (Å²) < 4.78 is 15.9. The van der Waals surface area contributed by atoms with Crippen molar-refractivity contribution < 1.29 is 14.0 Å². The van der Waals surface area contributed by atoms with Crippen molar-refractivity contribution in [2.45, 2.75) is 75.9 Å². The van der Waals surface area contributed by atoms with Crippen molar-refractivity contribution in [1.29, 1.82) is 0 Å². The second-order valence-corrected chi connectivity index (χ2v) is 9.36. The van der Waals surface area contributed by atoms with Crippen molar-refractivity contribution in [2.24, 2.45) is 7.05 Å². The van der Waals surface area contributed by atoms with Gasteiger partial charge in [-0.2, -0.15) is 5.10 Å². The Morgan fingerprint density at radius 2 is 1.81 bits per heavy atom. The van der Waals surface area contributed by atoms with Crippen LogP contribution in [-0.4, -0.2) is 38.6 Å². The molecule has 2 aliphatic carbocycles. The van der Waals surface area contributed by atoms with Gasteiger partial charge in [0.2, 0.25) is 0 Å². The van der Waals surface area contributed by atoms with Crippen molar-refractivity contribution in [2.75, 3.05) is 0 Å². The molecule has 6 nitrogen and oxygen atoms in total. The van der Waals surface area contributed by atoms with Gasteiger partial charge in [-0.3, -0.25) is 14.3 Å². The molecule has 2 saturated carbocycles. The molecule has 164 valence electrons. The van der Waals surface area contributed by atoms with Gasteiger partial charge < -0.3 is 10.2 Å². The molecular weight excluding hydrogens is 395 g/mol. The van der Waals surface area contributed by atoms with Gasteiger partial charge in [0, 0.05) is 35.8 Å². The molecule has 1 unspecified atom stereocenters. The first-order valence-electron chi connectivity index (χ1n) is 11.4. The highest BCUT2D eigenvalue weighted by molar-refractivity contribution is 6.07. The SMILES string of the molecule is Cn1ncc2c1C(C)(C(=O)NC1CCCCCC1)N(C1CC1)C(=O)c1ccc(F)cc1-2. The highest BCUT2D eigenvalue weighted by Crippen LogP contribution is 2.47. The minimum absolute atomic E-state index is 0.00358. The van der Waals surface area contributed by atoms with Gasteiger partial charge in [0.05, 0.1) is 11.9 Å². The fourth-order valence-electron chi connectivity index (χ4n) is 5.41. The molecule has 1 aromatic heterocycles. The zero-order valence-corrected chi connectivity index (χ0v) is 18.2. The van der Waals surface area contributed by atoms with Gasteiger partial charge in [0.25, 0.3) is 11.8 Å². The highest BCUT2D eigenvalue weighted by atomic mass is 19.1. The van der Waals surface area contributed by atoms with E-state index >= 15 is 0 Å². The monoisotopic (exact) mass is 424 g/mol. The Balaban J connectivity index is 1.65. The first kappa shape index (κ1) is 20.2. The Labute approximate surface area is 181 Å². The summed E-state index contributed by atoms with van der Waals surface area (Å²) in [4.78, 5) is 29.5. The number of fused-ring (bicyclic) bond motifs is 3. The molecular formula is C24H29FN4O2. The summed E-state index contributed by atoms with van der Waals surface area (Å²) in [5, 5.41) is 7.70. The van der Waals surface area contributed by atoms with Gasteiger partial charge in [0.15, 0.2) is 5.54 Å². The number of rotatable bonds is 3. The molecule has 2 fully saturated rings. The first-order chi connectivity index (χ1) is 14.9.